The van der Waals surface area contributed by atoms with Gasteiger partial charge < -0.3 is 14.6 Å². The molecule has 5 atom stereocenters. The lowest BCUT2D eigenvalue weighted by Crippen LogP contribution is -2.49. The van der Waals surface area contributed by atoms with Gasteiger partial charge in [-0.1, -0.05) is 38.5 Å². The number of allylic oxidation sites excluding steroid dienone is 3. The van der Waals surface area contributed by atoms with Crippen LogP contribution in [0.4, 0.5) is 0 Å². The van der Waals surface area contributed by atoms with Gasteiger partial charge >= 0.3 is 5.97 Å². The molecule has 3 aliphatic rings. The van der Waals surface area contributed by atoms with Crippen LogP contribution in [0.2, 0.25) is 0 Å². The lowest BCUT2D eigenvalue weighted by atomic mass is 9.54. The molecule has 0 aliphatic heterocycles. The Morgan fingerprint density at radius 2 is 2.04 bits per heavy atom. The van der Waals surface area contributed by atoms with Crippen molar-refractivity contribution in [2.24, 2.45) is 28.6 Å². The highest BCUT2D eigenvalue weighted by Crippen LogP contribution is 2.63. The third kappa shape index (κ3) is 2.61. The Morgan fingerprint density at radius 3 is 2.64 bits per heavy atom. The Hall–Kier alpha value is -1.42. The van der Waals surface area contributed by atoms with Crippen molar-refractivity contribution in [3.8, 4) is 0 Å². The number of ether oxygens (including phenoxy) is 1. The molecule has 0 spiro atoms. The Labute approximate surface area is 150 Å². The molecule has 1 saturated carbocycles. The van der Waals surface area contributed by atoms with E-state index in [1.54, 1.807) is 0 Å². The number of rotatable bonds is 3. The number of carbonyl (C=O) groups is 2. The molecule has 0 amide bonds. The van der Waals surface area contributed by atoms with E-state index in [1.807, 2.05) is 6.08 Å². The fraction of sp³-hybridized carbons (Fsp3) is 0.714. The fourth-order valence-electron chi connectivity index (χ4n) is 5.41. The number of hydrogen-bond acceptors (Lipinski definition) is 4. The second-order valence-electron chi connectivity index (χ2n) is 8.59. The third-order valence-corrected chi connectivity index (χ3v) is 7.05. The van der Waals surface area contributed by atoms with Crippen LogP contribution in [-0.4, -0.2) is 30.6 Å². The monoisotopic (exact) mass is 346 g/mol. The van der Waals surface area contributed by atoms with Gasteiger partial charge in [-0.2, -0.15) is 0 Å². The van der Waals surface area contributed by atoms with E-state index in [1.165, 1.54) is 18.3 Å². The van der Waals surface area contributed by atoms with Crippen molar-refractivity contribution in [1.29, 1.82) is 0 Å². The van der Waals surface area contributed by atoms with Gasteiger partial charge in [0.25, 0.3) is 0 Å². The largest absolute Gasteiger partial charge is 0.468 e. The summed E-state index contributed by atoms with van der Waals surface area (Å²) in [6, 6.07) is 0. The number of hydrogen-bond donors (Lipinski definition) is 1. The average molecular weight is 346 g/mol. The van der Waals surface area contributed by atoms with E-state index in [0.29, 0.717) is 12.3 Å². The average Bonchev–Trinajstić information content (AvgIpc) is 2.94. The number of fused-ring (bicyclic) bond motifs is 3. The molecule has 2 unspecified atom stereocenters. The van der Waals surface area contributed by atoms with Gasteiger partial charge in [0.1, 0.15) is 6.29 Å². The lowest BCUT2D eigenvalue weighted by Gasteiger charge is -2.50. The van der Waals surface area contributed by atoms with E-state index in [-0.39, 0.29) is 23.2 Å². The zero-order valence-corrected chi connectivity index (χ0v) is 15.7. The van der Waals surface area contributed by atoms with Gasteiger partial charge in [-0.25, -0.2) is 0 Å². The van der Waals surface area contributed by atoms with Crippen LogP contribution < -0.4 is 0 Å². The van der Waals surface area contributed by atoms with Gasteiger partial charge in [-0.3, -0.25) is 4.79 Å². The van der Waals surface area contributed by atoms with Crippen LogP contribution in [0.5, 0.6) is 0 Å². The molecule has 0 heterocycles. The van der Waals surface area contributed by atoms with Crippen LogP contribution in [-0.2, 0) is 14.3 Å². The Bertz CT molecular complexity index is 632. The van der Waals surface area contributed by atoms with E-state index in [9.17, 15) is 14.7 Å². The minimum Gasteiger partial charge on any atom is -0.468 e. The third-order valence-electron chi connectivity index (χ3n) is 7.05. The second kappa shape index (κ2) is 6.39. The summed E-state index contributed by atoms with van der Waals surface area (Å²) >= 11 is 0. The van der Waals surface area contributed by atoms with Crippen molar-refractivity contribution in [1.82, 2.24) is 0 Å². The number of esters is 1. The maximum absolute atomic E-state index is 12.8. The summed E-state index contributed by atoms with van der Waals surface area (Å²) < 4.78 is 5.22. The highest BCUT2D eigenvalue weighted by Gasteiger charge is 2.59. The van der Waals surface area contributed by atoms with Gasteiger partial charge in [0.2, 0.25) is 0 Å². The van der Waals surface area contributed by atoms with Crippen molar-refractivity contribution in [2.45, 2.75) is 59.0 Å². The van der Waals surface area contributed by atoms with E-state index in [0.717, 1.165) is 32.0 Å². The minimum atomic E-state index is -0.556. The van der Waals surface area contributed by atoms with Gasteiger partial charge in [0, 0.05) is 17.3 Å². The van der Waals surface area contributed by atoms with E-state index in [4.69, 9.17) is 4.74 Å². The van der Waals surface area contributed by atoms with Gasteiger partial charge in [-0.05, 0) is 43.6 Å². The standard InChI is InChI=1S/C21H30O4/c1-13(2)15-7-8-21(19(24)25-4)10-9-20(3)16(18(15)21)6-5-14(12-22)11-17(20)23/h5-6,12-14,16-17,23H,7-11H2,1-4H3/t14?,16-,17?,20-,21+/m1/s1. The van der Waals surface area contributed by atoms with Crippen LogP contribution in [0, 0.1) is 28.6 Å². The smallest absolute Gasteiger partial charge is 0.315 e. The molecule has 4 heteroatoms. The molecule has 4 nitrogen and oxygen atoms in total. The number of aliphatic hydroxyl groups is 1. The summed E-state index contributed by atoms with van der Waals surface area (Å²) in [4.78, 5) is 24.1. The van der Waals surface area contributed by atoms with Crippen molar-refractivity contribution >= 4 is 12.3 Å². The molecule has 0 radical (unpaired) electrons. The normalized spacial score (nSPS) is 40.5. The van der Waals surface area contributed by atoms with E-state index in [2.05, 4.69) is 26.8 Å². The van der Waals surface area contributed by atoms with Gasteiger partial charge in [0.05, 0.1) is 18.6 Å². The molecule has 0 bridgehead atoms. The molecule has 0 aromatic rings. The zero-order valence-electron chi connectivity index (χ0n) is 15.7. The first-order chi connectivity index (χ1) is 11.8. The summed E-state index contributed by atoms with van der Waals surface area (Å²) in [6.45, 7) is 6.46. The molecule has 138 valence electrons. The summed E-state index contributed by atoms with van der Waals surface area (Å²) in [5.41, 5.74) is 1.61. The molecule has 1 N–H and O–H groups in total. The fourth-order valence-corrected chi connectivity index (χ4v) is 5.41. The van der Waals surface area contributed by atoms with Crippen LogP contribution in [0.1, 0.15) is 52.9 Å². The summed E-state index contributed by atoms with van der Waals surface area (Å²) in [5, 5.41) is 10.9. The Morgan fingerprint density at radius 1 is 1.32 bits per heavy atom. The first-order valence-corrected chi connectivity index (χ1v) is 9.43. The van der Waals surface area contributed by atoms with Crippen LogP contribution in [0.15, 0.2) is 23.3 Å². The predicted octanol–water partition coefficient (Wildman–Crippen LogP) is 3.44. The summed E-state index contributed by atoms with van der Waals surface area (Å²) in [6.07, 6.45) is 8.04. The number of aldehydes is 1. The van der Waals surface area contributed by atoms with Crippen LogP contribution >= 0.6 is 0 Å². The molecule has 0 aromatic heterocycles. The molecule has 3 rings (SSSR count). The molecule has 0 saturated heterocycles. The summed E-state index contributed by atoms with van der Waals surface area (Å²) in [7, 11) is 1.47. The number of aliphatic hydroxyl groups excluding tert-OH is 1. The number of methoxy groups -OCH3 is 1. The van der Waals surface area contributed by atoms with Gasteiger partial charge in [-0.15, -0.1) is 0 Å². The van der Waals surface area contributed by atoms with Crippen LogP contribution in [0.3, 0.4) is 0 Å². The molecular formula is C21H30O4. The van der Waals surface area contributed by atoms with Crippen molar-refractivity contribution in [3.63, 3.8) is 0 Å². The minimum absolute atomic E-state index is 0.0137. The first kappa shape index (κ1) is 18.4. The number of carbonyl (C=O) groups excluding carboxylic acids is 2. The maximum Gasteiger partial charge on any atom is 0.315 e. The molecule has 25 heavy (non-hydrogen) atoms. The lowest BCUT2D eigenvalue weighted by molar-refractivity contribution is -0.154. The SMILES string of the molecule is COC(=O)[C@]12CCC(C(C)C)=C1[C@H]1C=CC(C=O)CC(O)[C@]1(C)CC2. The highest BCUT2D eigenvalue weighted by molar-refractivity contribution is 5.82. The Kier molecular flexibility index (Phi) is 4.69. The van der Waals surface area contributed by atoms with Gasteiger partial charge in [0.15, 0.2) is 0 Å². The second-order valence-corrected chi connectivity index (χ2v) is 8.59. The van der Waals surface area contributed by atoms with Crippen molar-refractivity contribution in [3.05, 3.63) is 23.3 Å². The highest BCUT2D eigenvalue weighted by atomic mass is 16.5. The molecular weight excluding hydrogens is 316 g/mol. The summed E-state index contributed by atoms with van der Waals surface area (Å²) in [5.74, 6) is -0.0477. The predicted molar refractivity (Wildman–Crippen MR) is 95.7 cm³/mol. The zero-order chi connectivity index (χ0) is 18.4. The quantitative estimate of drug-likeness (QED) is 0.483. The van der Waals surface area contributed by atoms with E-state index < -0.39 is 11.5 Å². The molecule has 1 fully saturated rings. The first-order valence-electron chi connectivity index (χ1n) is 9.43. The van der Waals surface area contributed by atoms with Crippen molar-refractivity contribution < 1.29 is 19.4 Å². The van der Waals surface area contributed by atoms with Crippen molar-refractivity contribution in [2.75, 3.05) is 7.11 Å². The molecule has 0 aromatic carbocycles. The van der Waals surface area contributed by atoms with E-state index >= 15 is 0 Å². The Balaban J connectivity index is 2.18. The molecule has 3 aliphatic carbocycles. The van der Waals surface area contributed by atoms with Crippen LogP contribution in [0.25, 0.3) is 0 Å². The maximum atomic E-state index is 12.8. The topological polar surface area (TPSA) is 63.6 Å².